The van der Waals surface area contributed by atoms with Crippen molar-refractivity contribution in [2.75, 3.05) is 5.32 Å². The van der Waals surface area contributed by atoms with Gasteiger partial charge in [0.2, 0.25) is 0 Å². The Kier molecular flexibility index (Phi) is 3.34. The van der Waals surface area contributed by atoms with Crippen molar-refractivity contribution in [2.45, 2.75) is 25.8 Å². The number of carbonyl (C=O) groups is 1. The first-order chi connectivity index (χ1) is 6.39. The number of thiazole rings is 1. The molecule has 0 aliphatic rings. The van der Waals surface area contributed by atoms with Crippen molar-refractivity contribution in [2.24, 2.45) is 0 Å². The van der Waals surface area contributed by atoms with E-state index in [1.807, 2.05) is 0 Å². The summed E-state index contributed by atoms with van der Waals surface area (Å²) in [5.41, 5.74) is -0.521. The molecule has 0 spiro atoms. The lowest BCUT2D eigenvalue weighted by atomic mass is 10.0. The summed E-state index contributed by atoms with van der Waals surface area (Å²) in [6.45, 7) is 3.60. The number of anilines is 1. The molecule has 0 unspecified atom stereocenters. The van der Waals surface area contributed by atoms with Crippen LogP contribution in [0.2, 0.25) is 5.15 Å². The van der Waals surface area contributed by atoms with Gasteiger partial charge in [-0.3, -0.25) is 4.79 Å². The second-order valence-corrected chi connectivity index (χ2v) is 4.80. The van der Waals surface area contributed by atoms with Crippen LogP contribution in [0.25, 0.3) is 0 Å². The molecule has 1 rings (SSSR count). The number of hydrogen-bond donors (Lipinski definition) is 2. The van der Waals surface area contributed by atoms with Gasteiger partial charge in [0.25, 0.3) is 0 Å². The molecule has 1 aromatic heterocycles. The van der Waals surface area contributed by atoms with Gasteiger partial charge >= 0.3 is 5.97 Å². The molecule has 0 atom stereocenters. The molecule has 0 amide bonds. The molecular weight excluding hydrogens is 224 g/mol. The van der Waals surface area contributed by atoms with Crippen molar-refractivity contribution in [1.82, 2.24) is 4.98 Å². The van der Waals surface area contributed by atoms with Gasteiger partial charge in [-0.15, -0.1) is 11.3 Å². The highest BCUT2D eigenvalue weighted by atomic mass is 35.5. The summed E-state index contributed by atoms with van der Waals surface area (Å²) in [6, 6.07) is 0. The molecule has 2 N–H and O–H groups in total. The van der Waals surface area contributed by atoms with Gasteiger partial charge in [0.05, 0.1) is 6.42 Å². The summed E-state index contributed by atoms with van der Waals surface area (Å²) >= 11 is 6.99. The van der Waals surface area contributed by atoms with Crippen LogP contribution in [-0.2, 0) is 4.79 Å². The van der Waals surface area contributed by atoms with Crippen molar-refractivity contribution in [1.29, 1.82) is 0 Å². The summed E-state index contributed by atoms with van der Waals surface area (Å²) in [4.78, 5) is 14.5. The first kappa shape index (κ1) is 11.3. The second kappa shape index (κ2) is 4.14. The molecule has 0 bridgehead atoms. The van der Waals surface area contributed by atoms with E-state index in [0.717, 1.165) is 0 Å². The zero-order valence-corrected chi connectivity index (χ0v) is 9.45. The number of nitrogens with zero attached hydrogens (tertiary/aromatic N) is 1. The van der Waals surface area contributed by atoms with E-state index < -0.39 is 11.5 Å². The average Bonchev–Trinajstić information content (AvgIpc) is 2.30. The fourth-order valence-electron chi connectivity index (χ4n) is 1.02. The molecule has 0 saturated carbocycles. The number of carboxylic acids is 1. The van der Waals surface area contributed by atoms with Gasteiger partial charge < -0.3 is 10.4 Å². The summed E-state index contributed by atoms with van der Waals surface area (Å²) in [7, 11) is 0. The van der Waals surface area contributed by atoms with E-state index in [-0.39, 0.29) is 6.42 Å². The predicted molar refractivity (Wildman–Crippen MR) is 57.1 cm³/mol. The van der Waals surface area contributed by atoms with Crippen LogP contribution in [0.5, 0.6) is 0 Å². The van der Waals surface area contributed by atoms with Gasteiger partial charge in [-0.25, -0.2) is 4.98 Å². The fraction of sp³-hybridized carbons (Fsp3) is 0.500. The minimum Gasteiger partial charge on any atom is -0.481 e. The Labute approximate surface area is 90.9 Å². The van der Waals surface area contributed by atoms with Crippen LogP contribution in [0.4, 0.5) is 5.13 Å². The quantitative estimate of drug-likeness (QED) is 0.840. The minimum absolute atomic E-state index is 0.0319. The highest BCUT2D eigenvalue weighted by molar-refractivity contribution is 7.14. The van der Waals surface area contributed by atoms with Crippen molar-refractivity contribution in [3.63, 3.8) is 0 Å². The summed E-state index contributed by atoms with van der Waals surface area (Å²) in [5, 5.41) is 14.4. The standard InChI is InChI=1S/C8H11ClN2O2S/c1-8(2,3-6(12)13)11-7-10-5(9)4-14-7/h4H,3H2,1-2H3,(H,10,11)(H,12,13). The van der Waals surface area contributed by atoms with Crippen LogP contribution in [0.3, 0.4) is 0 Å². The van der Waals surface area contributed by atoms with E-state index in [1.54, 1.807) is 19.2 Å². The molecule has 0 fully saturated rings. The van der Waals surface area contributed by atoms with Gasteiger partial charge in [0.15, 0.2) is 5.13 Å². The Morgan fingerprint density at radius 1 is 1.79 bits per heavy atom. The third-order valence-electron chi connectivity index (χ3n) is 1.51. The van der Waals surface area contributed by atoms with Gasteiger partial charge in [-0.1, -0.05) is 11.6 Å². The minimum atomic E-state index is -0.842. The molecule has 0 aliphatic heterocycles. The van der Waals surface area contributed by atoms with Crippen molar-refractivity contribution < 1.29 is 9.90 Å². The van der Waals surface area contributed by atoms with E-state index in [2.05, 4.69) is 10.3 Å². The smallest absolute Gasteiger partial charge is 0.305 e. The Balaban J connectivity index is 2.63. The Hall–Kier alpha value is -0.810. The third-order valence-corrected chi connectivity index (χ3v) is 2.60. The lowest BCUT2D eigenvalue weighted by molar-refractivity contribution is -0.137. The molecule has 4 nitrogen and oxygen atoms in total. The molecular formula is C8H11ClN2O2S. The first-order valence-corrected chi connectivity index (χ1v) is 5.26. The number of halogens is 1. The van der Waals surface area contributed by atoms with Crippen LogP contribution in [0, 0.1) is 0 Å². The van der Waals surface area contributed by atoms with Gasteiger partial charge in [-0.05, 0) is 13.8 Å². The number of nitrogens with one attached hydrogen (secondary N) is 1. The maximum Gasteiger partial charge on any atom is 0.305 e. The van der Waals surface area contributed by atoms with E-state index >= 15 is 0 Å². The SMILES string of the molecule is CC(C)(CC(=O)O)Nc1nc(Cl)cs1. The lowest BCUT2D eigenvalue weighted by Crippen LogP contribution is -2.33. The third kappa shape index (κ3) is 3.51. The summed E-state index contributed by atoms with van der Waals surface area (Å²) in [6.07, 6.45) is 0.0319. The number of rotatable bonds is 4. The highest BCUT2D eigenvalue weighted by Crippen LogP contribution is 2.23. The zero-order chi connectivity index (χ0) is 10.8. The summed E-state index contributed by atoms with van der Waals surface area (Å²) in [5.74, 6) is -0.842. The largest absolute Gasteiger partial charge is 0.481 e. The Bertz CT molecular complexity index is 338. The fourth-order valence-corrected chi connectivity index (χ4v) is 2.04. The molecule has 0 saturated heterocycles. The Morgan fingerprint density at radius 2 is 2.43 bits per heavy atom. The molecule has 1 aromatic rings. The monoisotopic (exact) mass is 234 g/mol. The Morgan fingerprint density at radius 3 is 2.86 bits per heavy atom. The number of hydrogen-bond acceptors (Lipinski definition) is 4. The number of aliphatic carboxylic acids is 1. The molecule has 0 aromatic carbocycles. The summed E-state index contributed by atoms with van der Waals surface area (Å²) < 4.78 is 0. The van der Waals surface area contributed by atoms with Crippen LogP contribution >= 0.6 is 22.9 Å². The average molecular weight is 235 g/mol. The van der Waals surface area contributed by atoms with Crippen molar-refractivity contribution in [3.8, 4) is 0 Å². The maximum atomic E-state index is 10.5. The number of carboxylic acid groups (broad SMARTS) is 1. The van der Waals surface area contributed by atoms with Crippen LogP contribution in [0.1, 0.15) is 20.3 Å². The van der Waals surface area contributed by atoms with E-state index in [1.165, 1.54) is 11.3 Å². The van der Waals surface area contributed by atoms with Crippen molar-refractivity contribution >= 4 is 34.0 Å². The molecule has 14 heavy (non-hydrogen) atoms. The first-order valence-electron chi connectivity index (χ1n) is 4.00. The van der Waals surface area contributed by atoms with Gasteiger partial charge in [0, 0.05) is 10.9 Å². The lowest BCUT2D eigenvalue weighted by Gasteiger charge is -2.23. The van der Waals surface area contributed by atoms with Crippen LogP contribution in [0.15, 0.2) is 5.38 Å². The second-order valence-electron chi connectivity index (χ2n) is 3.55. The predicted octanol–water partition coefficient (Wildman–Crippen LogP) is 2.46. The molecule has 6 heteroatoms. The van der Waals surface area contributed by atoms with Crippen LogP contribution < -0.4 is 5.32 Å². The molecule has 0 aliphatic carbocycles. The van der Waals surface area contributed by atoms with E-state index in [0.29, 0.717) is 10.3 Å². The van der Waals surface area contributed by atoms with Gasteiger partial charge in [0.1, 0.15) is 5.15 Å². The molecule has 1 heterocycles. The van der Waals surface area contributed by atoms with Gasteiger partial charge in [-0.2, -0.15) is 0 Å². The van der Waals surface area contributed by atoms with E-state index in [4.69, 9.17) is 16.7 Å². The molecule has 0 radical (unpaired) electrons. The maximum absolute atomic E-state index is 10.5. The van der Waals surface area contributed by atoms with E-state index in [9.17, 15) is 4.79 Å². The topological polar surface area (TPSA) is 62.2 Å². The van der Waals surface area contributed by atoms with Crippen LogP contribution in [-0.4, -0.2) is 21.6 Å². The normalized spacial score (nSPS) is 11.4. The number of aromatic nitrogens is 1. The zero-order valence-electron chi connectivity index (χ0n) is 7.87. The molecule has 78 valence electrons. The van der Waals surface area contributed by atoms with Crippen molar-refractivity contribution in [3.05, 3.63) is 10.5 Å². The highest BCUT2D eigenvalue weighted by Gasteiger charge is 2.22.